The molecule has 1 N–H and O–H groups in total. The summed E-state index contributed by atoms with van der Waals surface area (Å²) in [5.41, 5.74) is 1.55. The number of aliphatic hydroxyl groups is 1. The van der Waals surface area contributed by atoms with Crippen LogP contribution in [0, 0.1) is 0 Å². The highest BCUT2D eigenvalue weighted by Gasteiger charge is 2.22. The number of anilines is 2. The number of benzene rings is 2. The number of hydrogen-bond acceptors (Lipinski definition) is 2. The zero-order chi connectivity index (χ0) is 14.4. The van der Waals surface area contributed by atoms with Crippen LogP contribution in [0.2, 0.25) is 0 Å². The standard InChI is InChI=1S/C16H18N2O2/c1-2-17(13-19)16(20)18(14-9-5-3-6-10-14)15-11-7-4-8-12-15/h3-12,19H,2,13H2,1H3. The molecule has 0 spiro atoms. The number of urea groups is 1. The Hall–Kier alpha value is -2.33. The van der Waals surface area contributed by atoms with Crippen molar-refractivity contribution in [3.8, 4) is 0 Å². The summed E-state index contributed by atoms with van der Waals surface area (Å²) in [6.45, 7) is 1.99. The number of aliphatic hydroxyl groups excluding tert-OH is 1. The summed E-state index contributed by atoms with van der Waals surface area (Å²) < 4.78 is 0. The maximum absolute atomic E-state index is 12.6. The Morgan fingerprint density at radius 1 is 0.950 bits per heavy atom. The first-order valence-corrected chi connectivity index (χ1v) is 6.58. The third kappa shape index (κ3) is 2.97. The molecule has 104 valence electrons. The van der Waals surface area contributed by atoms with Crippen molar-refractivity contribution in [3.05, 3.63) is 60.7 Å². The van der Waals surface area contributed by atoms with Crippen LogP contribution in [-0.4, -0.2) is 29.3 Å². The van der Waals surface area contributed by atoms with Crippen LogP contribution < -0.4 is 4.90 Å². The van der Waals surface area contributed by atoms with Gasteiger partial charge in [-0.25, -0.2) is 4.79 Å². The molecule has 4 nitrogen and oxygen atoms in total. The van der Waals surface area contributed by atoms with Crippen LogP contribution in [0.25, 0.3) is 0 Å². The first-order valence-electron chi connectivity index (χ1n) is 6.58. The van der Waals surface area contributed by atoms with Gasteiger partial charge in [0.2, 0.25) is 0 Å². The fourth-order valence-electron chi connectivity index (χ4n) is 1.96. The van der Waals surface area contributed by atoms with Gasteiger partial charge in [-0.1, -0.05) is 36.4 Å². The monoisotopic (exact) mass is 270 g/mol. The van der Waals surface area contributed by atoms with E-state index in [4.69, 9.17) is 0 Å². The molecule has 2 aromatic rings. The average Bonchev–Trinajstić information content (AvgIpc) is 2.51. The van der Waals surface area contributed by atoms with Gasteiger partial charge in [0.25, 0.3) is 0 Å². The lowest BCUT2D eigenvalue weighted by Crippen LogP contribution is -2.41. The van der Waals surface area contributed by atoms with Crippen LogP contribution >= 0.6 is 0 Å². The lowest BCUT2D eigenvalue weighted by atomic mass is 10.2. The maximum Gasteiger partial charge on any atom is 0.330 e. The molecule has 0 atom stereocenters. The number of carbonyl (C=O) groups excluding carboxylic acids is 1. The largest absolute Gasteiger partial charge is 0.376 e. The minimum absolute atomic E-state index is 0.243. The number of rotatable bonds is 4. The van der Waals surface area contributed by atoms with E-state index in [0.29, 0.717) is 6.54 Å². The third-order valence-electron chi connectivity index (χ3n) is 3.04. The smallest absolute Gasteiger partial charge is 0.330 e. The number of nitrogens with zero attached hydrogens (tertiary/aromatic N) is 2. The normalized spacial score (nSPS) is 10.1. The molecule has 0 saturated carbocycles. The van der Waals surface area contributed by atoms with Crippen molar-refractivity contribution < 1.29 is 9.90 Å². The van der Waals surface area contributed by atoms with Crippen LogP contribution in [0.1, 0.15) is 6.92 Å². The molecule has 0 radical (unpaired) electrons. The summed E-state index contributed by atoms with van der Waals surface area (Å²) in [4.78, 5) is 15.6. The van der Waals surface area contributed by atoms with E-state index in [-0.39, 0.29) is 12.8 Å². The van der Waals surface area contributed by atoms with Crippen LogP contribution in [0.4, 0.5) is 16.2 Å². The van der Waals surface area contributed by atoms with Gasteiger partial charge in [-0.05, 0) is 31.2 Å². The van der Waals surface area contributed by atoms with E-state index in [9.17, 15) is 9.90 Å². The number of amides is 2. The third-order valence-corrected chi connectivity index (χ3v) is 3.04. The van der Waals surface area contributed by atoms with Crippen LogP contribution in [0.3, 0.4) is 0 Å². The Kier molecular flexibility index (Phi) is 4.74. The van der Waals surface area contributed by atoms with E-state index in [1.165, 1.54) is 4.90 Å². The first-order chi connectivity index (χ1) is 9.77. The Morgan fingerprint density at radius 3 is 1.75 bits per heavy atom. The highest BCUT2D eigenvalue weighted by Crippen LogP contribution is 2.26. The lowest BCUT2D eigenvalue weighted by Gasteiger charge is -2.28. The summed E-state index contributed by atoms with van der Waals surface area (Å²) >= 11 is 0. The van der Waals surface area contributed by atoms with Crippen LogP contribution in [0.5, 0.6) is 0 Å². The van der Waals surface area contributed by atoms with Gasteiger partial charge in [0.15, 0.2) is 0 Å². The predicted octanol–water partition coefficient (Wildman–Crippen LogP) is 3.22. The van der Waals surface area contributed by atoms with Gasteiger partial charge in [-0.15, -0.1) is 0 Å². The number of hydrogen-bond donors (Lipinski definition) is 1. The molecule has 0 aromatic heterocycles. The molecule has 0 bridgehead atoms. The Morgan fingerprint density at radius 2 is 1.40 bits per heavy atom. The zero-order valence-corrected chi connectivity index (χ0v) is 11.4. The van der Waals surface area contributed by atoms with Gasteiger partial charge in [0.1, 0.15) is 6.73 Å². The number of para-hydroxylation sites is 2. The second-order valence-corrected chi connectivity index (χ2v) is 4.29. The maximum atomic E-state index is 12.6. The Labute approximate surface area is 118 Å². The van der Waals surface area contributed by atoms with Crippen molar-refractivity contribution >= 4 is 17.4 Å². The second-order valence-electron chi connectivity index (χ2n) is 4.29. The second kappa shape index (κ2) is 6.73. The summed E-state index contributed by atoms with van der Waals surface area (Å²) in [6.07, 6.45) is 0. The summed E-state index contributed by atoms with van der Waals surface area (Å²) in [6, 6.07) is 18.6. The SMILES string of the molecule is CCN(CO)C(=O)N(c1ccccc1)c1ccccc1. The highest BCUT2D eigenvalue weighted by atomic mass is 16.3. The molecule has 0 saturated heterocycles. The summed E-state index contributed by atoms with van der Waals surface area (Å²) in [5.74, 6) is 0. The molecule has 0 aliphatic heterocycles. The average molecular weight is 270 g/mol. The molecule has 4 heteroatoms. The molecular weight excluding hydrogens is 252 g/mol. The Balaban J connectivity index is 2.43. The van der Waals surface area contributed by atoms with Gasteiger partial charge >= 0.3 is 6.03 Å². The van der Waals surface area contributed by atoms with Crippen molar-refractivity contribution in [2.45, 2.75) is 6.92 Å². The fraction of sp³-hybridized carbons (Fsp3) is 0.188. The molecule has 0 heterocycles. The van der Waals surface area contributed by atoms with Crippen LogP contribution in [0.15, 0.2) is 60.7 Å². The molecule has 0 unspecified atom stereocenters. The molecular formula is C16H18N2O2. The van der Waals surface area contributed by atoms with Gasteiger partial charge in [0.05, 0.1) is 11.4 Å². The molecule has 2 amide bonds. The quantitative estimate of drug-likeness (QED) is 0.867. The van der Waals surface area contributed by atoms with Gasteiger partial charge < -0.3 is 10.0 Å². The summed E-state index contributed by atoms with van der Waals surface area (Å²) in [7, 11) is 0. The van der Waals surface area contributed by atoms with Crippen molar-refractivity contribution in [2.24, 2.45) is 0 Å². The van der Waals surface area contributed by atoms with Gasteiger partial charge in [-0.2, -0.15) is 0 Å². The van der Waals surface area contributed by atoms with Crippen molar-refractivity contribution in [2.75, 3.05) is 18.2 Å². The zero-order valence-electron chi connectivity index (χ0n) is 11.4. The van der Waals surface area contributed by atoms with E-state index in [0.717, 1.165) is 11.4 Å². The van der Waals surface area contributed by atoms with Crippen molar-refractivity contribution in [1.82, 2.24) is 4.90 Å². The molecule has 2 aromatic carbocycles. The predicted molar refractivity (Wildman–Crippen MR) is 79.9 cm³/mol. The summed E-state index contributed by atoms with van der Waals surface area (Å²) in [5, 5.41) is 9.32. The Bertz CT molecular complexity index is 499. The van der Waals surface area contributed by atoms with Crippen molar-refractivity contribution in [3.63, 3.8) is 0 Å². The minimum atomic E-state index is -0.300. The minimum Gasteiger partial charge on any atom is -0.376 e. The first kappa shape index (κ1) is 14.1. The fourth-order valence-corrected chi connectivity index (χ4v) is 1.96. The van der Waals surface area contributed by atoms with E-state index in [1.807, 2.05) is 67.6 Å². The topological polar surface area (TPSA) is 43.8 Å². The molecule has 0 aliphatic carbocycles. The number of carbonyl (C=O) groups is 1. The molecule has 2 rings (SSSR count). The molecule has 0 fully saturated rings. The van der Waals surface area contributed by atoms with Gasteiger partial charge in [0, 0.05) is 6.54 Å². The van der Waals surface area contributed by atoms with E-state index in [1.54, 1.807) is 4.90 Å². The highest BCUT2D eigenvalue weighted by molar-refractivity contribution is 5.99. The van der Waals surface area contributed by atoms with Gasteiger partial charge in [-0.3, -0.25) is 4.90 Å². The van der Waals surface area contributed by atoms with Crippen LogP contribution in [-0.2, 0) is 0 Å². The van der Waals surface area contributed by atoms with E-state index < -0.39 is 0 Å². The van der Waals surface area contributed by atoms with E-state index >= 15 is 0 Å². The van der Waals surface area contributed by atoms with E-state index in [2.05, 4.69) is 0 Å². The molecule has 0 aliphatic rings. The van der Waals surface area contributed by atoms with Crippen molar-refractivity contribution in [1.29, 1.82) is 0 Å². The molecule has 20 heavy (non-hydrogen) atoms. The lowest BCUT2D eigenvalue weighted by molar-refractivity contribution is 0.132.